The van der Waals surface area contributed by atoms with Crippen LogP contribution in [0.2, 0.25) is 0 Å². The van der Waals surface area contributed by atoms with Gasteiger partial charge in [-0.25, -0.2) is 17.6 Å². The maximum atomic E-state index is 13.3. The minimum absolute atomic E-state index is 0.278. The van der Waals surface area contributed by atoms with Crippen molar-refractivity contribution in [2.45, 2.75) is 23.8 Å². The lowest BCUT2D eigenvalue weighted by Crippen LogP contribution is -2.34. The monoisotopic (exact) mass is 350 g/mol. The van der Waals surface area contributed by atoms with E-state index < -0.39 is 26.7 Å². The van der Waals surface area contributed by atoms with Crippen LogP contribution in [0.4, 0.5) is 9.18 Å². The van der Waals surface area contributed by atoms with Gasteiger partial charge in [-0.2, -0.15) is 15.0 Å². The zero-order valence-electron chi connectivity index (χ0n) is 13.1. The van der Waals surface area contributed by atoms with Gasteiger partial charge in [0.15, 0.2) is 5.03 Å². The highest BCUT2D eigenvalue weighted by atomic mass is 32.2. The van der Waals surface area contributed by atoms with Crippen molar-refractivity contribution >= 4 is 15.9 Å². The van der Waals surface area contributed by atoms with E-state index >= 15 is 0 Å². The second kappa shape index (κ2) is 6.80. The van der Waals surface area contributed by atoms with E-state index in [2.05, 4.69) is 5.10 Å². The van der Waals surface area contributed by atoms with Gasteiger partial charge in [-0.1, -0.05) is 6.07 Å². The summed E-state index contributed by atoms with van der Waals surface area (Å²) in [5, 5.41) is 12.4. The number of hydrogen-bond acceptors (Lipinski definition) is 5. The van der Waals surface area contributed by atoms with Crippen molar-refractivity contribution in [3.63, 3.8) is 0 Å². The van der Waals surface area contributed by atoms with Gasteiger partial charge in [0.25, 0.3) is 0 Å². The molecule has 0 atom stereocenters. The van der Waals surface area contributed by atoms with Crippen molar-refractivity contribution in [1.82, 2.24) is 14.7 Å². The van der Waals surface area contributed by atoms with Crippen LogP contribution in [-0.4, -0.2) is 42.2 Å². The SMILES string of the molecule is CCN(CC)C(=O)n1cc(C#N)c(S(=O)(=O)c2cccc(F)c2)n1. The predicted octanol–water partition coefficient (Wildman–Crippen LogP) is 2.04. The molecule has 2 aromatic rings. The van der Waals surface area contributed by atoms with E-state index in [1.165, 1.54) is 17.0 Å². The Hall–Kier alpha value is -2.73. The van der Waals surface area contributed by atoms with E-state index in [4.69, 9.17) is 5.26 Å². The second-order valence-electron chi connectivity index (χ2n) is 4.82. The number of nitriles is 1. The molecule has 0 N–H and O–H groups in total. The van der Waals surface area contributed by atoms with Gasteiger partial charge in [-0.05, 0) is 32.0 Å². The molecule has 1 aromatic heterocycles. The molecule has 0 unspecified atom stereocenters. The van der Waals surface area contributed by atoms with Crippen LogP contribution < -0.4 is 0 Å². The molecule has 0 aliphatic rings. The predicted molar refractivity (Wildman–Crippen MR) is 82.5 cm³/mol. The fourth-order valence-corrected chi connectivity index (χ4v) is 3.45. The van der Waals surface area contributed by atoms with Crippen LogP contribution in [0.3, 0.4) is 0 Å². The van der Waals surface area contributed by atoms with Crippen LogP contribution in [0.15, 0.2) is 40.4 Å². The first-order chi connectivity index (χ1) is 11.3. The maximum absolute atomic E-state index is 13.3. The molecule has 0 spiro atoms. The molecule has 1 amide bonds. The first-order valence-corrected chi connectivity index (χ1v) is 8.63. The number of rotatable bonds is 4. The minimum atomic E-state index is -4.22. The molecule has 7 nitrogen and oxygen atoms in total. The van der Waals surface area contributed by atoms with Crippen LogP contribution in [0.25, 0.3) is 0 Å². The van der Waals surface area contributed by atoms with E-state index in [-0.39, 0.29) is 10.5 Å². The van der Waals surface area contributed by atoms with Crippen LogP contribution >= 0.6 is 0 Å². The Kier molecular flexibility index (Phi) is 4.99. The average molecular weight is 350 g/mol. The van der Waals surface area contributed by atoms with E-state index in [1.807, 2.05) is 0 Å². The molecule has 24 heavy (non-hydrogen) atoms. The summed E-state index contributed by atoms with van der Waals surface area (Å²) in [6, 6.07) is 5.55. The molecule has 9 heteroatoms. The van der Waals surface area contributed by atoms with E-state index in [1.54, 1.807) is 19.9 Å². The Morgan fingerprint density at radius 1 is 1.38 bits per heavy atom. The minimum Gasteiger partial charge on any atom is -0.323 e. The largest absolute Gasteiger partial charge is 0.344 e. The maximum Gasteiger partial charge on any atom is 0.344 e. The molecule has 0 aliphatic carbocycles. The second-order valence-corrected chi connectivity index (χ2v) is 6.68. The van der Waals surface area contributed by atoms with Gasteiger partial charge in [0.05, 0.1) is 11.1 Å². The summed E-state index contributed by atoms with van der Waals surface area (Å²) >= 11 is 0. The normalized spacial score (nSPS) is 11.1. The summed E-state index contributed by atoms with van der Waals surface area (Å²) < 4.78 is 39.3. The third kappa shape index (κ3) is 3.14. The van der Waals surface area contributed by atoms with Gasteiger partial charge in [0, 0.05) is 13.1 Å². The Balaban J connectivity index is 2.56. The molecule has 0 saturated heterocycles. The number of sulfone groups is 1. The van der Waals surface area contributed by atoms with E-state index in [0.29, 0.717) is 13.1 Å². The molecule has 0 radical (unpaired) electrons. The number of nitrogens with zero attached hydrogens (tertiary/aromatic N) is 4. The molecule has 2 rings (SSSR count). The molecule has 126 valence electrons. The van der Waals surface area contributed by atoms with Gasteiger partial charge in [-0.15, -0.1) is 0 Å². The van der Waals surface area contributed by atoms with E-state index in [0.717, 1.165) is 23.0 Å². The smallest absolute Gasteiger partial charge is 0.323 e. The van der Waals surface area contributed by atoms with Crippen molar-refractivity contribution in [2.75, 3.05) is 13.1 Å². The summed E-state index contributed by atoms with van der Waals surface area (Å²) in [7, 11) is -4.22. The fraction of sp³-hybridized carbons (Fsp3) is 0.267. The lowest BCUT2D eigenvalue weighted by Gasteiger charge is -2.17. The number of aromatic nitrogens is 2. The number of halogens is 1. The first-order valence-electron chi connectivity index (χ1n) is 7.14. The first kappa shape index (κ1) is 17.6. The van der Waals surface area contributed by atoms with Crippen molar-refractivity contribution in [3.8, 4) is 6.07 Å². The Morgan fingerprint density at radius 3 is 2.58 bits per heavy atom. The number of carbonyl (C=O) groups is 1. The Bertz CT molecular complexity index is 911. The average Bonchev–Trinajstić information content (AvgIpc) is 3.01. The molecular weight excluding hydrogens is 335 g/mol. The van der Waals surface area contributed by atoms with Gasteiger partial charge >= 0.3 is 6.03 Å². The Labute approximate surface area is 138 Å². The molecule has 0 saturated carbocycles. The molecule has 0 aliphatic heterocycles. The highest BCUT2D eigenvalue weighted by Gasteiger charge is 2.28. The highest BCUT2D eigenvalue weighted by molar-refractivity contribution is 7.91. The number of amides is 1. The quantitative estimate of drug-likeness (QED) is 0.841. The molecule has 1 aromatic carbocycles. The zero-order valence-corrected chi connectivity index (χ0v) is 13.9. The molecule has 1 heterocycles. The number of hydrogen-bond donors (Lipinski definition) is 0. The third-order valence-corrected chi connectivity index (χ3v) is 5.08. The molecule has 0 bridgehead atoms. The number of benzene rings is 1. The van der Waals surface area contributed by atoms with Gasteiger partial charge in [0.2, 0.25) is 9.84 Å². The van der Waals surface area contributed by atoms with Crippen molar-refractivity contribution in [1.29, 1.82) is 5.26 Å². The van der Waals surface area contributed by atoms with Gasteiger partial charge < -0.3 is 4.90 Å². The van der Waals surface area contributed by atoms with Crippen LogP contribution in [-0.2, 0) is 9.84 Å². The summed E-state index contributed by atoms with van der Waals surface area (Å²) in [6.45, 7) is 4.34. The zero-order chi connectivity index (χ0) is 17.9. The topological polar surface area (TPSA) is 96.1 Å². The number of carbonyl (C=O) groups excluding carboxylic acids is 1. The summed E-state index contributed by atoms with van der Waals surface area (Å²) in [4.78, 5) is 13.4. The highest BCUT2D eigenvalue weighted by Crippen LogP contribution is 2.23. The van der Waals surface area contributed by atoms with Crippen LogP contribution in [0, 0.1) is 17.1 Å². The van der Waals surface area contributed by atoms with Crippen molar-refractivity contribution in [2.24, 2.45) is 0 Å². The Morgan fingerprint density at radius 2 is 2.04 bits per heavy atom. The summed E-state index contributed by atoms with van der Waals surface area (Å²) in [5.74, 6) is -0.728. The lowest BCUT2D eigenvalue weighted by atomic mass is 10.3. The van der Waals surface area contributed by atoms with Crippen LogP contribution in [0.1, 0.15) is 19.4 Å². The standard InChI is InChI=1S/C15H15FN4O3S/c1-3-19(4-2)15(21)20-10-11(9-17)14(18-20)24(22,23)13-7-5-6-12(16)8-13/h5-8,10H,3-4H2,1-2H3. The van der Waals surface area contributed by atoms with E-state index in [9.17, 15) is 17.6 Å². The van der Waals surface area contributed by atoms with Gasteiger partial charge in [0.1, 0.15) is 17.4 Å². The lowest BCUT2D eigenvalue weighted by molar-refractivity contribution is 0.201. The molecular formula is C15H15FN4O3S. The third-order valence-electron chi connectivity index (χ3n) is 3.39. The summed E-state index contributed by atoms with van der Waals surface area (Å²) in [6.07, 6.45) is 1.06. The van der Waals surface area contributed by atoms with Crippen LogP contribution in [0.5, 0.6) is 0 Å². The van der Waals surface area contributed by atoms with Crippen molar-refractivity contribution in [3.05, 3.63) is 41.8 Å². The van der Waals surface area contributed by atoms with Crippen molar-refractivity contribution < 1.29 is 17.6 Å². The van der Waals surface area contributed by atoms with Gasteiger partial charge in [-0.3, -0.25) is 0 Å². The fourth-order valence-electron chi connectivity index (χ4n) is 2.12. The molecule has 0 fully saturated rings. The summed E-state index contributed by atoms with van der Waals surface area (Å²) in [5.41, 5.74) is -0.278.